The number of hydrogen-bond acceptors (Lipinski definition) is 7. The van der Waals surface area contributed by atoms with E-state index in [9.17, 15) is 0 Å². The van der Waals surface area contributed by atoms with Crippen molar-refractivity contribution < 1.29 is 9.47 Å². The molecule has 20 heavy (non-hydrogen) atoms. The van der Waals surface area contributed by atoms with Gasteiger partial charge in [-0.2, -0.15) is 15.0 Å². The fourth-order valence-electron chi connectivity index (χ4n) is 2.17. The van der Waals surface area contributed by atoms with Crippen LogP contribution in [0.15, 0.2) is 0 Å². The molecule has 2 heterocycles. The van der Waals surface area contributed by atoms with Crippen molar-refractivity contribution >= 4 is 11.9 Å². The standard InChI is InChI=1S/C13H23N5O2/c1-4-8-20-13-16-11(14-2)15-12(17-13)18-7-5-6-10(9-18)19-3/h10H,4-9H2,1-3H3,(H,14,15,16,17). The Balaban J connectivity index is 2.16. The van der Waals surface area contributed by atoms with Gasteiger partial charge in [0.15, 0.2) is 0 Å². The summed E-state index contributed by atoms with van der Waals surface area (Å²) in [6.07, 6.45) is 3.31. The predicted octanol–water partition coefficient (Wildman–Crippen LogP) is 1.32. The normalized spacial score (nSPS) is 18.9. The molecular weight excluding hydrogens is 258 g/mol. The molecule has 0 spiro atoms. The first kappa shape index (κ1) is 14.8. The van der Waals surface area contributed by atoms with Crippen LogP contribution in [-0.2, 0) is 4.74 Å². The van der Waals surface area contributed by atoms with E-state index in [1.807, 2.05) is 0 Å². The molecule has 1 aromatic heterocycles. The van der Waals surface area contributed by atoms with E-state index in [0.717, 1.165) is 32.4 Å². The number of methoxy groups -OCH3 is 1. The molecule has 0 aromatic carbocycles. The third-order valence-electron chi connectivity index (χ3n) is 3.26. The third kappa shape index (κ3) is 3.69. The lowest BCUT2D eigenvalue weighted by Gasteiger charge is -2.31. The number of nitrogens with one attached hydrogen (secondary N) is 1. The highest BCUT2D eigenvalue weighted by molar-refractivity contribution is 5.38. The summed E-state index contributed by atoms with van der Waals surface area (Å²) >= 11 is 0. The van der Waals surface area contributed by atoms with Crippen LogP contribution in [0, 0.1) is 0 Å². The van der Waals surface area contributed by atoms with E-state index in [4.69, 9.17) is 9.47 Å². The second-order valence-corrected chi connectivity index (χ2v) is 4.79. The molecule has 2 rings (SSSR count). The molecule has 1 fully saturated rings. The zero-order valence-corrected chi connectivity index (χ0v) is 12.4. The largest absolute Gasteiger partial charge is 0.463 e. The van der Waals surface area contributed by atoms with Crippen LogP contribution in [0.25, 0.3) is 0 Å². The van der Waals surface area contributed by atoms with Crippen LogP contribution in [-0.4, -0.2) is 54.9 Å². The maximum atomic E-state index is 5.52. The zero-order chi connectivity index (χ0) is 14.4. The minimum absolute atomic E-state index is 0.235. The van der Waals surface area contributed by atoms with Crippen LogP contribution in [0.4, 0.5) is 11.9 Å². The first-order valence-corrected chi connectivity index (χ1v) is 7.11. The number of piperidine rings is 1. The van der Waals surface area contributed by atoms with Crippen molar-refractivity contribution in [1.82, 2.24) is 15.0 Å². The molecule has 7 nitrogen and oxygen atoms in total. The number of nitrogens with zero attached hydrogens (tertiary/aromatic N) is 4. The minimum atomic E-state index is 0.235. The summed E-state index contributed by atoms with van der Waals surface area (Å²) in [5.74, 6) is 1.18. The lowest BCUT2D eigenvalue weighted by atomic mass is 10.1. The number of rotatable bonds is 6. The first-order chi connectivity index (χ1) is 9.76. The summed E-state index contributed by atoms with van der Waals surface area (Å²) in [5, 5.41) is 2.95. The molecule has 1 aromatic rings. The van der Waals surface area contributed by atoms with E-state index in [1.54, 1.807) is 14.2 Å². The Bertz CT molecular complexity index is 429. The van der Waals surface area contributed by atoms with E-state index in [2.05, 4.69) is 32.1 Å². The Hall–Kier alpha value is -1.63. The maximum absolute atomic E-state index is 5.52. The lowest BCUT2D eigenvalue weighted by molar-refractivity contribution is 0.0888. The molecule has 1 saturated heterocycles. The monoisotopic (exact) mass is 281 g/mol. The Morgan fingerprint density at radius 1 is 1.35 bits per heavy atom. The molecule has 0 bridgehead atoms. The van der Waals surface area contributed by atoms with Gasteiger partial charge in [-0.15, -0.1) is 0 Å². The van der Waals surface area contributed by atoms with Crippen LogP contribution >= 0.6 is 0 Å². The minimum Gasteiger partial charge on any atom is -0.463 e. The smallest absolute Gasteiger partial charge is 0.323 e. The van der Waals surface area contributed by atoms with Crippen LogP contribution < -0.4 is 15.0 Å². The quantitative estimate of drug-likeness (QED) is 0.843. The highest BCUT2D eigenvalue weighted by Crippen LogP contribution is 2.20. The Morgan fingerprint density at radius 3 is 2.90 bits per heavy atom. The molecule has 0 amide bonds. The molecule has 0 radical (unpaired) electrons. The molecule has 1 aliphatic rings. The van der Waals surface area contributed by atoms with Crippen LogP contribution in [0.3, 0.4) is 0 Å². The van der Waals surface area contributed by atoms with E-state index < -0.39 is 0 Å². The second-order valence-electron chi connectivity index (χ2n) is 4.79. The molecule has 7 heteroatoms. The van der Waals surface area contributed by atoms with Crippen molar-refractivity contribution in [2.45, 2.75) is 32.3 Å². The van der Waals surface area contributed by atoms with E-state index >= 15 is 0 Å². The third-order valence-corrected chi connectivity index (χ3v) is 3.26. The fourth-order valence-corrected chi connectivity index (χ4v) is 2.17. The van der Waals surface area contributed by atoms with Gasteiger partial charge in [0.05, 0.1) is 12.7 Å². The summed E-state index contributed by atoms with van der Waals surface area (Å²) in [6, 6.07) is 0.376. The van der Waals surface area contributed by atoms with E-state index in [1.165, 1.54) is 0 Å². The van der Waals surface area contributed by atoms with Crippen molar-refractivity contribution in [3.05, 3.63) is 0 Å². The number of hydrogen-bond donors (Lipinski definition) is 1. The molecule has 0 saturated carbocycles. The number of anilines is 2. The highest BCUT2D eigenvalue weighted by Gasteiger charge is 2.22. The molecule has 1 unspecified atom stereocenters. The van der Waals surface area contributed by atoms with Gasteiger partial charge in [0.1, 0.15) is 0 Å². The summed E-state index contributed by atoms with van der Waals surface area (Å²) in [6.45, 7) is 4.39. The van der Waals surface area contributed by atoms with Crippen molar-refractivity contribution in [3.8, 4) is 6.01 Å². The summed E-state index contributed by atoms with van der Waals surface area (Å²) in [5.41, 5.74) is 0. The van der Waals surface area contributed by atoms with Gasteiger partial charge in [0.2, 0.25) is 11.9 Å². The Labute approximate surface area is 119 Å². The van der Waals surface area contributed by atoms with Crippen molar-refractivity contribution in [1.29, 1.82) is 0 Å². The summed E-state index contributed by atoms with van der Waals surface area (Å²) < 4.78 is 11.0. The second kappa shape index (κ2) is 7.23. The summed E-state index contributed by atoms with van der Waals surface area (Å²) in [7, 11) is 3.53. The van der Waals surface area contributed by atoms with Gasteiger partial charge in [-0.1, -0.05) is 6.92 Å². The van der Waals surface area contributed by atoms with Gasteiger partial charge >= 0.3 is 6.01 Å². The molecule has 1 atom stereocenters. The van der Waals surface area contributed by atoms with Crippen molar-refractivity contribution in [3.63, 3.8) is 0 Å². The van der Waals surface area contributed by atoms with Gasteiger partial charge in [-0.25, -0.2) is 0 Å². The Kier molecular flexibility index (Phi) is 5.34. The zero-order valence-electron chi connectivity index (χ0n) is 12.4. The maximum Gasteiger partial charge on any atom is 0.323 e. The van der Waals surface area contributed by atoms with E-state index in [-0.39, 0.29) is 6.10 Å². The molecule has 1 aliphatic heterocycles. The molecular formula is C13H23N5O2. The topological polar surface area (TPSA) is 72.4 Å². The molecule has 1 N–H and O–H groups in total. The van der Waals surface area contributed by atoms with Crippen molar-refractivity contribution in [2.75, 3.05) is 44.1 Å². The fraction of sp³-hybridized carbons (Fsp3) is 0.769. The molecule has 112 valence electrons. The van der Waals surface area contributed by atoms with Crippen LogP contribution in [0.1, 0.15) is 26.2 Å². The summed E-state index contributed by atoms with van der Waals surface area (Å²) in [4.78, 5) is 15.1. The van der Waals surface area contributed by atoms with Crippen molar-refractivity contribution in [2.24, 2.45) is 0 Å². The van der Waals surface area contributed by atoms with Crippen LogP contribution in [0.5, 0.6) is 6.01 Å². The first-order valence-electron chi connectivity index (χ1n) is 7.11. The average molecular weight is 281 g/mol. The molecule has 0 aliphatic carbocycles. The van der Waals surface area contributed by atoms with Crippen LogP contribution in [0.2, 0.25) is 0 Å². The number of ether oxygens (including phenoxy) is 2. The Morgan fingerprint density at radius 2 is 2.20 bits per heavy atom. The number of aromatic nitrogens is 3. The lowest BCUT2D eigenvalue weighted by Crippen LogP contribution is -2.40. The average Bonchev–Trinajstić information content (AvgIpc) is 2.52. The van der Waals surface area contributed by atoms with Gasteiger partial charge < -0.3 is 19.7 Å². The van der Waals surface area contributed by atoms with E-state index in [0.29, 0.717) is 24.5 Å². The van der Waals surface area contributed by atoms with Gasteiger partial charge in [-0.3, -0.25) is 0 Å². The van der Waals surface area contributed by atoms with Gasteiger partial charge in [0, 0.05) is 27.2 Å². The van der Waals surface area contributed by atoms with Gasteiger partial charge in [-0.05, 0) is 19.3 Å². The predicted molar refractivity (Wildman–Crippen MR) is 77.4 cm³/mol. The SMILES string of the molecule is CCCOc1nc(NC)nc(N2CCCC(OC)C2)n1. The highest BCUT2D eigenvalue weighted by atomic mass is 16.5. The van der Waals surface area contributed by atoms with Gasteiger partial charge in [0.25, 0.3) is 0 Å².